The summed E-state index contributed by atoms with van der Waals surface area (Å²) in [6, 6.07) is 49.7. The van der Waals surface area contributed by atoms with Gasteiger partial charge in [-0.2, -0.15) is 0 Å². The first-order valence-corrected chi connectivity index (χ1v) is 14.2. The molecule has 0 unspecified atom stereocenters. The van der Waals surface area contributed by atoms with Crippen LogP contribution in [0.5, 0.6) is 11.5 Å². The third kappa shape index (κ3) is 4.78. The number of hydrogen-bond acceptors (Lipinski definition) is 1. The fraction of sp³-hybridized carbons (Fsp3) is 0.0909. The Kier molecular flexibility index (Phi) is 7.07. The molecular weight excluding hydrogens is 443 g/mol. The van der Waals surface area contributed by atoms with E-state index >= 15 is 0 Å². The fourth-order valence-corrected chi connectivity index (χ4v) is 9.51. The third-order valence-electron chi connectivity index (χ3n) is 6.39. The summed E-state index contributed by atoms with van der Waals surface area (Å²) >= 11 is 0. The zero-order valence-corrected chi connectivity index (χ0v) is 20.9. The van der Waals surface area contributed by atoms with Crippen molar-refractivity contribution in [3.05, 3.63) is 140 Å². The lowest BCUT2D eigenvalue weighted by Crippen LogP contribution is -2.34. The van der Waals surface area contributed by atoms with Gasteiger partial charge in [-0.1, -0.05) is 91.9 Å². The van der Waals surface area contributed by atoms with Crippen LogP contribution in [0.3, 0.4) is 0 Å². The Morgan fingerprint density at radius 2 is 1.09 bits per heavy atom. The van der Waals surface area contributed by atoms with Gasteiger partial charge >= 0.3 is 0 Å². The Morgan fingerprint density at radius 3 is 1.71 bits per heavy atom. The highest BCUT2D eigenvalue weighted by molar-refractivity contribution is 7.95. The second kappa shape index (κ2) is 10.7. The van der Waals surface area contributed by atoms with Crippen LogP contribution in [0.4, 0.5) is 0 Å². The average Bonchev–Trinajstić information content (AvgIpc) is 2.93. The van der Waals surface area contributed by atoms with Gasteiger partial charge in [0.2, 0.25) is 0 Å². The van der Waals surface area contributed by atoms with Gasteiger partial charge in [0.25, 0.3) is 0 Å². The summed E-state index contributed by atoms with van der Waals surface area (Å²) in [6.45, 7) is 2.30. The first-order valence-electron chi connectivity index (χ1n) is 12.2. The summed E-state index contributed by atoms with van der Waals surface area (Å²) in [5.74, 6) is 1.70. The van der Waals surface area contributed by atoms with E-state index in [1.165, 1.54) is 27.0 Å². The van der Waals surface area contributed by atoms with E-state index < -0.39 is 7.26 Å². The van der Waals surface area contributed by atoms with Crippen LogP contribution in [-0.2, 0) is 0 Å². The Bertz CT molecular complexity index is 1320. The number of hydrogen-bond donors (Lipinski definition) is 0. The number of para-hydroxylation sites is 1. The summed E-state index contributed by atoms with van der Waals surface area (Å²) in [7, 11) is -1.88. The van der Waals surface area contributed by atoms with Crippen molar-refractivity contribution in [3.8, 4) is 22.6 Å². The molecule has 5 aromatic rings. The van der Waals surface area contributed by atoms with Gasteiger partial charge in [-0.05, 0) is 66.6 Å². The first-order chi connectivity index (χ1) is 17.3. The molecule has 35 heavy (non-hydrogen) atoms. The van der Waals surface area contributed by atoms with E-state index in [1.54, 1.807) is 0 Å². The molecule has 0 aliphatic heterocycles. The normalized spacial score (nSPS) is 11.2. The molecule has 2 heteroatoms. The van der Waals surface area contributed by atoms with Crippen molar-refractivity contribution in [1.82, 2.24) is 0 Å². The maximum atomic E-state index is 6.19. The van der Waals surface area contributed by atoms with Crippen LogP contribution in [-0.4, -0.2) is 6.16 Å². The molecule has 0 saturated carbocycles. The van der Waals surface area contributed by atoms with Gasteiger partial charge in [0, 0.05) is 5.56 Å². The van der Waals surface area contributed by atoms with E-state index in [0.717, 1.165) is 24.1 Å². The quantitative estimate of drug-likeness (QED) is 0.209. The highest BCUT2D eigenvalue weighted by Gasteiger charge is 2.45. The largest absolute Gasteiger partial charge is 0.457 e. The third-order valence-corrected chi connectivity index (χ3v) is 11.1. The van der Waals surface area contributed by atoms with E-state index in [4.69, 9.17) is 4.74 Å². The van der Waals surface area contributed by atoms with E-state index in [-0.39, 0.29) is 0 Å². The highest BCUT2D eigenvalue weighted by atomic mass is 31.2. The molecule has 0 fully saturated rings. The molecule has 0 heterocycles. The number of benzene rings is 5. The molecule has 1 nitrogen and oxygen atoms in total. The Morgan fingerprint density at radius 1 is 0.543 bits per heavy atom. The molecule has 5 rings (SSSR count). The van der Waals surface area contributed by atoms with E-state index in [2.05, 4.69) is 110 Å². The zero-order chi connectivity index (χ0) is 23.9. The molecule has 0 bridgehead atoms. The second-order valence-electron chi connectivity index (χ2n) is 8.66. The van der Waals surface area contributed by atoms with Crippen molar-refractivity contribution < 1.29 is 4.74 Å². The van der Waals surface area contributed by atoms with Gasteiger partial charge < -0.3 is 4.74 Å². The number of ether oxygens (including phenoxy) is 1. The molecule has 0 N–H and O–H groups in total. The lowest BCUT2D eigenvalue weighted by molar-refractivity contribution is 0.483. The summed E-state index contributed by atoms with van der Waals surface area (Å²) < 4.78 is 6.19. The van der Waals surface area contributed by atoms with Crippen LogP contribution in [0.25, 0.3) is 11.1 Å². The first kappa shape index (κ1) is 23.1. The molecule has 0 aliphatic rings. The van der Waals surface area contributed by atoms with Crippen LogP contribution >= 0.6 is 7.26 Å². The van der Waals surface area contributed by atoms with E-state index in [9.17, 15) is 0 Å². The molecule has 0 saturated heterocycles. The average molecular weight is 474 g/mol. The van der Waals surface area contributed by atoms with Crippen LogP contribution in [0.15, 0.2) is 140 Å². The van der Waals surface area contributed by atoms with Crippen molar-refractivity contribution >= 4 is 23.2 Å². The maximum Gasteiger partial charge on any atom is 0.128 e. The Hall–Kier alpha value is -3.67. The second-order valence-corrected chi connectivity index (χ2v) is 12.2. The zero-order valence-electron chi connectivity index (χ0n) is 20.0. The summed E-state index contributed by atoms with van der Waals surface area (Å²) in [5, 5.41) is 4.28. The van der Waals surface area contributed by atoms with Crippen molar-refractivity contribution in [3.63, 3.8) is 0 Å². The van der Waals surface area contributed by atoms with Gasteiger partial charge in [0.1, 0.15) is 34.7 Å². The standard InChI is InChI=1S/C33H30OP/c1-2-25-35(30-19-8-4-9-20-30,31-21-10-5-11-22-31)33-24-13-12-23-32(33)27-15-14-18-29(26-27)34-28-16-6-3-7-17-28/h3-24,26H,2,25H2,1H3/q+1. The minimum absolute atomic E-state index is 0.847. The Balaban J connectivity index is 1.69. The molecule has 5 aromatic carbocycles. The topological polar surface area (TPSA) is 9.23 Å². The van der Waals surface area contributed by atoms with Crippen molar-refractivity contribution in [2.45, 2.75) is 13.3 Å². The molecule has 0 atom stereocenters. The monoisotopic (exact) mass is 473 g/mol. The van der Waals surface area contributed by atoms with Crippen LogP contribution in [0.1, 0.15) is 13.3 Å². The van der Waals surface area contributed by atoms with Gasteiger partial charge in [-0.25, -0.2) is 0 Å². The Labute approximate surface area is 209 Å². The summed E-state index contributed by atoms with van der Waals surface area (Å²) in [4.78, 5) is 0. The van der Waals surface area contributed by atoms with Crippen molar-refractivity contribution in [2.75, 3.05) is 6.16 Å². The van der Waals surface area contributed by atoms with E-state index in [1.807, 2.05) is 36.4 Å². The molecule has 0 spiro atoms. The molecule has 0 aliphatic carbocycles. The fourth-order valence-electron chi connectivity index (χ4n) is 4.91. The van der Waals surface area contributed by atoms with Gasteiger partial charge in [0.05, 0.1) is 6.16 Å². The van der Waals surface area contributed by atoms with Gasteiger partial charge in [0.15, 0.2) is 0 Å². The highest BCUT2D eigenvalue weighted by Crippen LogP contribution is 2.57. The molecule has 0 radical (unpaired) electrons. The predicted octanol–water partition coefficient (Wildman–Crippen LogP) is 7.85. The summed E-state index contributed by atoms with van der Waals surface area (Å²) in [6.07, 6.45) is 2.24. The minimum Gasteiger partial charge on any atom is -0.457 e. The predicted molar refractivity (Wildman–Crippen MR) is 152 cm³/mol. The molecule has 0 aromatic heterocycles. The molecule has 172 valence electrons. The SMILES string of the molecule is CCC[P+](c1ccccc1)(c1ccccc1)c1ccccc1-c1cccc(Oc2ccccc2)c1. The van der Waals surface area contributed by atoms with E-state index in [0.29, 0.717) is 0 Å². The smallest absolute Gasteiger partial charge is 0.128 e. The maximum absolute atomic E-state index is 6.19. The van der Waals surface area contributed by atoms with Gasteiger partial charge in [-0.3, -0.25) is 0 Å². The van der Waals surface area contributed by atoms with Gasteiger partial charge in [-0.15, -0.1) is 0 Å². The van der Waals surface area contributed by atoms with Crippen LogP contribution < -0.4 is 20.7 Å². The lowest BCUT2D eigenvalue weighted by Gasteiger charge is -2.29. The minimum atomic E-state index is -1.88. The van der Waals surface area contributed by atoms with Crippen LogP contribution in [0.2, 0.25) is 0 Å². The van der Waals surface area contributed by atoms with Crippen molar-refractivity contribution in [1.29, 1.82) is 0 Å². The lowest BCUT2D eigenvalue weighted by atomic mass is 10.1. The molecule has 0 amide bonds. The van der Waals surface area contributed by atoms with Crippen LogP contribution in [0, 0.1) is 0 Å². The summed E-state index contributed by atoms with van der Waals surface area (Å²) in [5.41, 5.74) is 2.46. The molecular formula is C33H30OP+. The van der Waals surface area contributed by atoms with Crippen molar-refractivity contribution in [2.24, 2.45) is 0 Å². The number of rotatable bonds is 8.